The van der Waals surface area contributed by atoms with Gasteiger partial charge in [0.15, 0.2) is 0 Å². The van der Waals surface area contributed by atoms with Crippen molar-refractivity contribution in [3.8, 4) is 0 Å². The molecule has 0 saturated carbocycles. The predicted octanol–water partition coefficient (Wildman–Crippen LogP) is 1.81. The molecule has 0 spiro atoms. The van der Waals surface area contributed by atoms with Crippen LogP contribution in [0.4, 0.5) is 5.69 Å². The Labute approximate surface area is 127 Å². The molecule has 1 aromatic heterocycles. The van der Waals surface area contributed by atoms with Gasteiger partial charge in [-0.25, -0.2) is 4.98 Å². The van der Waals surface area contributed by atoms with E-state index in [1.165, 1.54) is 6.07 Å². The minimum atomic E-state index is -0.585. The van der Waals surface area contributed by atoms with Crippen molar-refractivity contribution in [3.63, 3.8) is 0 Å². The maximum atomic E-state index is 12.4. The summed E-state index contributed by atoms with van der Waals surface area (Å²) in [5, 5.41) is 10.8. The molecular weight excluding hydrogens is 296 g/mol. The van der Waals surface area contributed by atoms with E-state index in [2.05, 4.69) is 9.88 Å². The van der Waals surface area contributed by atoms with Crippen LogP contribution in [-0.2, 0) is 0 Å². The van der Waals surface area contributed by atoms with Gasteiger partial charge in [-0.1, -0.05) is 11.6 Å². The number of piperidine rings is 1. The summed E-state index contributed by atoms with van der Waals surface area (Å²) >= 11 is 5.90. The summed E-state index contributed by atoms with van der Waals surface area (Å²) in [6, 6.07) is 1.64. The highest BCUT2D eigenvalue weighted by atomic mass is 35.5. The van der Waals surface area contributed by atoms with E-state index in [0.717, 1.165) is 19.0 Å². The molecule has 1 fully saturated rings. The summed E-state index contributed by atoms with van der Waals surface area (Å²) in [6.07, 6.45) is 2.80. The van der Waals surface area contributed by atoms with Crippen molar-refractivity contribution in [1.29, 1.82) is 0 Å². The Morgan fingerprint density at radius 2 is 2.10 bits per heavy atom. The van der Waals surface area contributed by atoms with E-state index in [4.69, 9.17) is 11.6 Å². The lowest BCUT2D eigenvalue weighted by Crippen LogP contribution is -2.44. The van der Waals surface area contributed by atoms with Gasteiger partial charge in [-0.3, -0.25) is 14.9 Å². The van der Waals surface area contributed by atoms with E-state index in [9.17, 15) is 14.9 Å². The number of amides is 1. The van der Waals surface area contributed by atoms with Gasteiger partial charge >= 0.3 is 0 Å². The Hall–Kier alpha value is -1.73. The molecule has 1 aliphatic heterocycles. The first kappa shape index (κ1) is 15.7. The number of hydrogen-bond donors (Lipinski definition) is 0. The van der Waals surface area contributed by atoms with Crippen LogP contribution in [0.15, 0.2) is 12.3 Å². The molecule has 0 N–H and O–H groups in total. The van der Waals surface area contributed by atoms with Crippen molar-refractivity contribution in [3.05, 3.63) is 33.1 Å². The Kier molecular flexibility index (Phi) is 4.74. The first-order chi connectivity index (χ1) is 9.90. The quantitative estimate of drug-likeness (QED) is 0.483. The number of pyridine rings is 1. The Morgan fingerprint density at radius 3 is 2.62 bits per heavy atom. The average Bonchev–Trinajstić information content (AvgIpc) is 2.47. The number of nitrogens with zero attached hydrogens (tertiary/aromatic N) is 4. The summed E-state index contributed by atoms with van der Waals surface area (Å²) in [6.45, 7) is 1.22. The lowest BCUT2D eigenvalue weighted by atomic mass is 10.0. The summed E-state index contributed by atoms with van der Waals surface area (Å²) in [5.74, 6) is -0.298. The third-order valence-electron chi connectivity index (χ3n) is 3.75. The highest BCUT2D eigenvalue weighted by molar-refractivity contribution is 6.32. The molecule has 0 radical (unpaired) electrons. The van der Waals surface area contributed by atoms with Crippen LogP contribution in [-0.4, -0.2) is 58.8 Å². The van der Waals surface area contributed by atoms with Crippen LogP contribution in [0.3, 0.4) is 0 Å². The van der Waals surface area contributed by atoms with Crippen LogP contribution in [0.1, 0.15) is 23.2 Å². The zero-order valence-electron chi connectivity index (χ0n) is 12.0. The summed E-state index contributed by atoms with van der Waals surface area (Å²) in [4.78, 5) is 30.2. The van der Waals surface area contributed by atoms with Gasteiger partial charge in [0.05, 0.1) is 10.5 Å². The number of halogens is 1. The molecule has 0 atom stereocenters. The molecule has 0 unspecified atom stereocenters. The third kappa shape index (κ3) is 3.48. The Morgan fingerprint density at radius 1 is 1.48 bits per heavy atom. The van der Waals surface area contributed by atoms with Gasteiger partial charge in [-0.15, -0.1) is 0 Å². The van der Waals surface area contributed by atoms with Gasteiger partial charge in [0.25, 0.3) is 11.6 Å². The van der Waals surface area contributed by atoms with Gasteiger partial charge in [-0.2, -0.15) is 0 Å². The van der Waals surface area contributed by atoms with E-state index >= 15 is 0 Å². The van der Waals surface area contributed by atoms with Crippen LogP contribution in [0.5, 0.6) is 0 Å². The van der Waals surface area contributed by atoms with E-state index in [0.29, 0.717) is 19.1 Å². The van der Waals surface area contributed by atoms with Crippen molar-refractivity contribution in [2.45, 2.75) is 18.9 Å². The average molecular weight is 313 g/mol. The number of likely N-dealkylation sites (tertiary alicyclic amines) is 1. The smallest absolute Gasteiger partial charge is 0.288 e. The number of hydrogen-bond acceptors (Lipinski definition) is 5. The first-order valence-electron chi connectivity index (χ1n) is 6.65. The lowest BCUT2D eigenvalue weighted by molar-refractivity contribution is -0.385. The monoisotopic (exact) mass is 312 g/mol. The molecule has 7 nitrogen and oxygen atoms in total. The number of carbonyl (C=O) groups is 1. The van der Waals surface area contributed by atoms with Crippen molar-refractivity contribution in [2.75, 3.05) is 27.2 Å². The third-order valence-corrected chi connectivity index (χ3v) is 4.05. The maximum Gasteiger partial charge on any atom is 0.288 e. The number of aromatic nitrogens is 1. The number of nitro groups is 1. The fourth-order valence-corrected chi connectivity index (χ4v) is 2.63. The molecule has 8 heteroatoms. The standard InChI is InChI=1S/C13H17ClN4O3/c1-16(2)9-3-5-17(6-4-9)13(19)11-7-10(18(20)21)8-15-12(11)14/h7-9H,3-6H2,1-2H3. The fraction of sp³-hybridized carbons (Fsp3) is 0.538. The van der Waals surface area contributed by atoms with Crippen molar-refractivity contribution in [2.24, 2.45) is 0 Å². The van der Waals surface area contributed by atoms with Crippen LogP contribution < -0.4 is 0 Å². The molecule has 2 heterocycles. The fourth-order valence-electron chi connectivity index (χ4n) is 2.44. The van der Waals surface area contributed by atoms with Crippen LogP contribution >= 0.6 is 11.6 Å². The Bertz CT molecular complexity index is 556. The molecule has 2 rings (SSSR count). The summed E-state index contributed by atoms with van der Waals surface area (Å²) < 4.78 is 0. The SMILES string of the molecule is CN(C)C1CCN(C(=O)c2cc([N+](=O)[O-])cnc2Cl)CC1. The summed E-state index contributed by atoms with van der Waals surface area (Å²) in [7, 11) is 4.03. The van der Waals surface area contributed by atoms with Crippen LogP contribution in [0, 0.1) is 10.1 Å². The van der Waals surface area contributed by atoms with E-state index < -0.39 is 4.92 Å². The molecule has 21 heavy (non-hydrogen) atoms. The predicted molar refractivity (Wildman–Crippen MR) is 78.5 cm³/mol. The minimum absolute atomic E-state index is 0.000308. The minimum Gasteiger partial charge on any atom is -0.338 e. The van der Waals surface area contributed by atoms with Gasteiger partial charge in [0.2, 0.25) is 0 Å². The van der Waals surface area contributed by atoms with Crippen molar-refractivity contribution in [1.82, 2.24) is 14.8 Å². The molecule has 1 saturated heterocycles. The molecular formula is C13H17ClN4O3. The van der Waals surface area contributed by atoms with Gasteiger partial charge in [0.1, 0.15) is 11.3 Å². The molecule has 1 aromatic rings. The number of rotatable bonds is 3. The first-order valence-corrected chi connectivity index (χ1v) is 7.03. The number of carbonyl (C=O) groups excluding carboxylic acids is 1. The maximum absolute atomic E-state index is 12.4. The van der Waals surface area contributed by atoms with Crippen molar-refractivity contribution >= 4 is 23.2 Å². The highest BCUT2D eigenvalue weighted by Crippen LogP contribution is 2.23. The van der Waals surface area contributed by atoms with Gasteiger partial charge < -0.3 is 9.80 Å². The molecule has 1 aliphatic rings. The van der Waals surface area contributed by atoms with Crippen molar-refractivity contribution < 1.29 is 9.72 Å². The zero-order chi connectivity index (χ0) is 15.6. The lowest BCUT2D eigenvalue weighted by Gasteiger charge is -2.35. The highest BCUT2D eigenvalue weighted by Gasteiger charge is 2.27. The topological polar surface area (TPSA) is 79.6 Å². The van der Waals surface area contributed by atoms with E-state index in [1.807, 2.05) is 14.1 Å². The molecule has 0 aromatic carbocycles. The molecule has 1 amide bonds. The Balaban J connectivity index is 2.14. The molecule has 0 bridgehead atoms. The van der Waals surface area contributed by atoms with Gasteiger partial charge in [0, 0.05) is 25.2 Å². The normalized spacial score (nSPS) is 16.3. The molecule has 0 aliphatic carbocycles. The second-order valence-corrected chi connectivity index (χ2v) is 5.63. The second kappa shape index (κ2) is 6.36. The summed E-state index contributed by atoms with van der Waals surface area (Å²) in [5.41, 5.74) is -0.139. The largest absolute Gasteiger partial charge is 0.338 e. The molecule has 114 valence electrons. The van der Waals surface area contributed by atoms with Gasteiger partial charge in [-0.05, 0) is 26.9 Å². The zero-order valence-corrected chi connectivity index (χ0v) is 12.7. The van der Waals surface area contributed by atoms with Crippen LogP contribution in [0.2, 0.25) is 5.15 Å². The van der Waals surface area contributed by atoms with E-state index in [1.54, 1.807) is 4.90 Å². The second-order valence-electron chi connectivity index (χ2n) is 5.28. The van der Waals surface area contributed by atoms with Crippen LogP contribution in [0.25, 0.3) is 0 Å². The van der Waals surface area contributed by atoms with E-state index in [-0.39, 0.29) is 22.3 Å².